The number of nitrogens with two attached hydrogens (primary N) is 1. The van der Waals surface area contributed by atoms with Crippen molar-refractivity contribution < 1.29 is 0 Å². The minimum absolute atomic E-state index is 0.644. The fourth-order valence-corrected chi connectivity index (χ4v) is 1.07. The Morgan fingerprint density at radius 3 is 2.69 bits per heavy atom. The zero-order valence-corrected chi connectivity index (χ0v) is 7.18. The summed E-state index contributed by atoms with van der Waals surface area (Å²) in [7, 11) is 1.82. The van der Waals surface area contributed by atoms with Crippen LogP contribution in [0, 0.1) is 0 Å². The van der Waals surface area contributed by atoms with E-state index in [-0.39, 0.29) is 0 Å². The number of nitrogens with zero attached hydrogens (tertiary/aromatic N) is 4. The van der Waals surface area contributed by atoms with Gasteiger partial charge in [-0.05, 0) is 12.1 Å². The molecule has 13 heavy (non-hydrogen) atoms. The average Bonchev–Trinajstić information content (AvgIpc) is 2.53. The first-order valence-corrected chi connectivity index (χ1v) is 3.83. The Bertz CT molecular complexity index is 403. The van der Waals surface area contributed by atoms with Crippen LogP contribution in [0.1, 0.15) is 0 Å². The van der Waals surface area contributed by atoms with E-state index in [9.17, 15) is 0 Å². The number of anilines is 1. The molecule has 2 heterocycles. The molecule has 0 amide bonds. The van der Waals surface area contributed by atoms with Crippen molar-refractivity contribution >= 4 is 5.69 Å². The van der Waals surface area contributed by atoms with E-state index in [0.29, 0.717) is 5.69 Å². The van der Waals surface area contributed by atoms with E-state index in [4.69, 9.17) is 5.73 Å². The molecule has 0 spiro atoms. The van der Waals surface area contributed by atoms with E-state index in [2.05, 4.69) is 15.1 Å². The third kappa shape index (κ3) is 1.35. The summed E-state index contributed by atoms with van der Waals surface area (Å²) in [6, 6.07) is 3.61. The number of nitrogen functional groups attached to an aromatic ring is 1. The fourth-order valence-electron chi connectivity index (χ4n) is 1.07. The Balaban J connectivity index is 2.47. The smallest absolute Gasteiger partial charge is 0.176 e. The maximum absolute atomic E-state index is 5.51. The van der Waals surface area contributed by atoms with Gasteiger partial charge < -0.3 is 5.73 Å². The summed E-state index contributed by atoms with van der Waals surface area (Å²) in [5.41, 5.74) is 6.93. The summed E-state index contributed by atoms with van der Waals surface area (Å²) in [6.45, 7) is 0. The third-order valence-corrected chi connectivity index (χ3v) is 1.73. The highest BCUT2D eigenvalue weighted by atomic mass is 15.3. The van der Waals surface area contributed by atoms with Gasteiger partial charge in [-0.3, -0.25) is 4.98 Å². The maximum atomic E-state index is 5.51. The van der Waals surface area contributed by atoms with Crippen LogP contribution in [-0.2, 0) is 7.05 Å². The average molecular weight is 175 g/mol. The van der Waals surface area contributed by atoms with Crippen molar-refractivity contribution in [3.05, 3.63) is 24.7 Å². The maximum Gasteiger partial charge on any atom is 0.176 e. The lowest BCUT2D eigenvalue weighted by Crippen LogP contribution is -1.96. The molecule has 2 aromatic rings. The molecule has 2 N–H and O–H groups in total. The summed E-state index contributed by atoms with van der Waals surface area (Å²) in [5.74, 6) is 0.736. The molecule has 2 aromatic heterocycles. The van der Waals surface area contributed by atoms with Crippen molar-refractivity contribution in [1.29, 1.82) is 0 Å². The van der Waals surface area contributed by atoms with Crippen LogP contribution >= 0.6 is 0 Å². The van der Waals surface area contributed by atoms with E-state index in [1.165, 1.54) is 6.33 Å². The highest BCUT2D eigenvalue weighted by Gasteiger charge is 2.04. The first kappa shape index (κ1) is 7.72. The van der Waals surface area contributed by atoms with Crippen LogP contribution in [0.25, 0.3) is 11.5 Å². The van der Waals surface area contributed by atoms with E-state index in [1.807, 2.05) is 13.1 Å². The molecule has 66 valence electrons. The van der Waals surface area contributed by atoms with Gasteiger partial charge in [0.25, 0.3) is 0 Å². The normalized spacial score (nSPS) is 10.2. The largest absolute Gasteiger partial charge is 0.397 e. The van der Waals surface area contributed by atoms with Crippen LogP contribution in [0.15, 0.2) is 24.7 Å². The molecule has 5 heteroatoms. The molecule has 0 unspecified atom stereocenters. The monoisotopic (exact) mass is 175 g/mol. The quantitative estimate of drug-likeness (QED) is 0.683. The van der Waals surface area contributed by atoms with Crippen molar-refractivity contribution in [2.24, 2.45) is 7.05 Å². The lowest BCUT2D eigenvalue weighted by Gasteiger charge is -1.98. The van der Waals surface area contributed by atoms with Gasteiger partial charge in [-0.2, -0.15) is 5.10 Å². The van der Waals surface area contributed by atoms with E-state index in [1.54, 1.807) is 16.9 Å². The van der Waals surface area contributed by atoms with Crippen molar-refractivity contribution in [3.63, 3.8) is 0 Å². The Labute approximate surface area is 75.2 Å². The topological polar surface area (TPSA) is 69.6 Å². The lowest BCUT2D eigenvalue weighted by molar-refractivity contribution is 0.772. The van der Waals surface area contributed by atoms with Gasteiger partial charge in [0.1, 0.15) is 12.0 Å². The number of aryl methyl sites for hydroxylation is 1. The second kappa shape index (κ2) is 2.85. The predicted octanol–water partition coefficient (Wildman–Crippen LogP) is 0.459. The number of aromatic nitrogens is 4. The van der Waals surface area contributed by atoms with Crippen molar-refractivity contribution in [3.8, 4) is 11.5 Å². The SMILES string of the molecule is Cn1ncnc1-c1ccc(N)cn1. The van der Waals surface area contributed by atoms with Crippen molar-refractivity contribution in [2.75, 3.05) is 5.73 Å². The molecule has 0 aromatic carbocycles. The number of rotatable bonds is 1. The first-order chi connectivity index (χ1) is 6.27. The number of hydrogen-bond acceptors (Lipinski definition) is 4. The highest BCUT2D eigenvalue weighted by molar-refractivity contribution is 5.51. The van der Waals surface area contributed by atoms with Crippen LogP contribution in [0.3, 0.4) is 0 Å². The predicted molar refractivity (Wildman–Crippen MR) is 48.6 cm³/mol. The number of pyridine rings is 1. The van der Waals surface area contributed by atoms with Gasteiger partial charge in [0.2, 0.25) is 0 Å². The zero-order valence-electron chi connectivity index (χ0n) is 7.18. The Hall–Kier alpha value is -1.91. The van der Waals surface area contributed by atoms with Gasteiger partial charge >= 0.3 is 0 Å². The van der Waals surface area contributed by atoms with Crippen molar-refractivity contribution in [1.82, 2.24) is 19.7 Å². The number of hydrogen-bond donors (Lipinski definition) is 1. The van der Waals surface area contributed by atoms with Gasteiger partial charge in [-0.25, -0.2) is 9.67 Å². The minimum Gasteiger partial charge on any atom is -0.397 e. The van der Waals surface area contributed by atoms with Crippen LogP contribution in [-0.4, -0.2) is 19.7 Å². The van der Waals surface area contributed by atoms with E-state index >= 15 is 0 Å². The van der Waals surface area contributed by atoms with Gasteiger partial charge in [-0.1, -0.05) is 0 Å². The van der Waals surface area contributed by atoms with Gasteiger partial charge in [0.15, 0.2) is 5.82 Å². The second-order valence-corrected chi connectivity index (χ2v) is 2.68. The van der Waals surface area contributed by atoms with Crippen molar-refractivity contribution in [2.45, 2.75) is 0 Å². The standard InChI is InChI=1S/C8H9N5/c1-13-8(11-5-12-13)7-3-2-6(9)4-10-7/h2-5H,9H2,1H3. The Morgan fingerprint density at radius 1 is 1.31 bits per heavy atom. The highest BCUT2D eigenvalue weighted by Crippen LogP contribution is 2.12. The molecule has 0 aliphatic heterocycles. The molecule has 0 saturated heterocycles. The lowest BCUT2D eigenvalue weighted by atomic mass is 10.3. The molecule has 0 aliphatic rings. The van der Waals surface area contributed by atoms with Gasteiger partial charge in [0.05, 0.1) is 11.9 Å². The molecule has 0 aliphatic carbocycles. The molecule has 2 rings (SSSR count). The fraction of sp³-hybridized carbons (Fsp3) is 0.125. The molecular formula is C8H9N5. The molecule has 0 bridgehead atoms. The molecular weight excluding hydrogens is 166 g/mol. The Kier molecular flexibility index (Phi) is 1.70. The summed E-state index contributed by atoms with van der Waals surface area (Å²) in [6.07, 6.45) is 3.09. The minimum atomic E-state index is 0.644. The third-order valence-electron chi connectivity index (χ3n) is 1.73. The molecule has 0 radical (unpaired) electrons. The molecule has 0 fully saturated rings. The molecule has 0 saturated carbocycles. The zero-order chi connectivity index (χ0) is 9.26. The summed E-state index contributed by atoms with van der Waals surface area (Å²) in [5, 5.41) is 3.95. The van der Waals surface area contributed by atoms with Crippen LogP contribution in [0.4, 0.5) is 5.69 Å². The van der Waals surface area contributed by atoms with Crippen LogP contribution in [0.5, 0.6) is 0 Å². The van der Waals surface area contributed by atoms with E-state index < -0.39 is 0 Å². The van der Waals surface area contributed by atoms with Crippen LogP contribution in [0.2, 0.25) is 0 Å². The second-order valence-electron chi connectivity index (χ2n) is 2.68. The molecule has 0 atom stereocenters. The summed E-state index contributed by atoms with van der Waals surface area (Å²) >= 11 is 0. The first-order valence-electron chi connectivity index (χ1n) is 3.83. The van der Waals surface area contributed by atoms with Gasteiger partial charge in [-0.15, -0.1) is 0 Å². The van der Waals surface area contributed by atoms with Crippen LogP contribution < -0.4 is 5.73 Å². The summed E-state index contributed by atoms with van der Waals surface area (Å²) < 4.78 is 1.67. The Morgan fingerprint density at radius 2 is 2.15 bits per heavy atom. The van der Waals surface area contributed by atoms with Gasteiger partial charge in [0, 0.05) is 7.05 Å². The van der Waals surface area contributed by atoms with E-state index in [0.717, 1.165) is 11.5 Å². The summed E-state index contributed by atoms with van der Waals surface area (Å²) in [4.78, 5) is 8.20. The molecule has 5 nitrogen and oxygen atoms in total.